The van der Waals surface area contributed by atoms with Gasteiger partial charge < -0.3 is 10.2 Å². The summed E-state index contributed by atoms with van der Waals surface area (Å²) in [6, 6.07) is 21.7. The van der Waals surface area contributed by atoms with Crippen LogP contribution in [0.4, 0.5) is 0 Å². The second-order valence-electron chi connectivity index (χ2n) is 7.80. The van der Waals surface area contributed by atoms with E-state index in [2.05, 4.69) is 63.6 Å². The molecule has 0 radical (unpaired) electrons. The topological polar surface area (TPSA) is 35.6 Å². The molecule has 2 aliphatic heterocycles. The highest BCUT2D eigenvalue weighted by atomic mass is 16.2. The number of nitrogens with one attached hydrogen (secondary N) is 1. The second kappa shape index (κ2) is 8.68. The molecule has 4 heteroatoms. The molecule has 1 N–H and O–H groups in total. The van der Waals surface area contributed by atoms with E-state index in [-0.39, 0.29) is 5.91 Å². The van der Waals surface area contributed by atoms with Crippen LogP contribution in [0.25, 0.3) is 0 Å². The first kappa shape index (κ1) is 18.2. The predicted molar refractivity (Wildman–Crippen MR) is 108 cm³/mol. The van der Waals surface area contributed by atoms with Crippen LogP contribution in [-0.2, 0) is 17.9 Å². The third-order valence-electron chi connectivity index (χ3n) is 5.80. The lowest BCUT2D eigenvalue weighted by atomic mass is 10.1. The van der Waals surface area contributed by atoms with Crippen LogP contribution in [0.1, 0.15) is 30.4 Å². The number of carbonyl (C=O) groups excluding carboxylic acids is 1. The molecule has 0 saturated carbocycles. The van der Waals surface area contributed by atoms with Gasteiger partial charge in [0.15, 0.2) is 0 Å². The smallest absolute Gasteiger partial charge is 0.237 e. The number of hydrogen-bond donors (Lipinski definition) is 1. The zero-order valence-corrected chi connectivity index (χ0v) is 15.9. The molecule has 142 valence electrons. The van der Waals surface area contributed by atoms with Crippen molar-refractivity contribution in [3.05, 3.63) is 71.8 Å². The van der Waals surface area contributed by atoms with Gasteiger partial charge in [-0.05, 0) is 36.9 Å². The molecule has 2 unspecified atom stereocenters. The van der Waals surface area contributed by atoms with Gasteiger partial charge in [0.05, 0.1) is 6.54 Å². The molecule has 1 amide bonds. The van der Waals surface area contributed by atoms with Gasteiger partial charge in [-0.15, -0.1) is 0 Å². The van der Waals surface area contributed by atoms with E-state index in [1.54, 1.807) is 0 Å². The van der Waals surface area contributed by atoms with Crippen molar-refractivity contribution in [2.75, 3.05) is 19.6 Å². The normalized spacial score (nSPS) is 22.0. The minimum atomic E-state index is 0.290. The fourth-order valence-electron chi connectivity index (χ4n) is 4.51. The number of fused-ring (bicyclic) bond motifs is 2. The Kier molecular flexibility index (Phi) is 5.85. The predicted octanol–water partition coefficient (Wildman–Crippen LogP) is 3.04. The molecule has 2 aromatic carbocycles. The van der Waals surface area contributed by atoms with E-state index in [1.165, 1.54) is 11.1 Å². The molecule has 2 aromatic rings. The Morgan fingerprint density at radius 3 is 2.11 bits per heavy atom. The molecule has 0 spiro atoms. The van der Waals surface area contributed by atoms with E-state index in [0.717, 1.165) is 45.4 Å². The van der Waals surface area contributed by atoms with E-state index in [0.29, 0.717) is 18.6 Å². The zero-order valence-electron chi connectivity index (χ0n) is 15.9. The quantitative estimate of drug-likeness (QED) is 0.857. The van der Waals surface area contributed by atoms with Crippen LogP contribution in [0.3, 0.4) is 0 Å². The van der Waals surface area contributed by atoms with E-state index in [9.17, 15) is 4.79 Å². The highest BCUT2D eigenvalue weighted by Gasteiger charge is 2.38. The lowest BCUT2D eigenvalue weighted by Gasteiger charge is -2.31. The van der Waals surface area contributed by atoms with Gasteiger partial charge >= 0.3 is 0 Å². The standard InChI is InChI=1S/C23H29N3O/c27-23(26-21-11-12-22(26)15-24-14-13-21)18-25(16-19-7-3-1-4-8-19)17-20-9-5-2-6-10-20/h1-10,21-22,24H,11-18H2. The molecule has 2 saturated heterocycles. The molecule has 2 heterocycles. The molecule has 2 fully saturated rings. The Labute approximate surface area is 162 Å². The summed E-state index contributed by atoms with van der Waals surface area (Å²) in [4.78, 5) is 17.7. The fourth-order valence-corrected chi connectivity index (χ4v) is 4.51. The van der Waals surface area contributed by atoms with Crippen molar-refractivity contribution in [1.82, 2.24) is 15.1 Å². The first-order valence-electron chi connectivity index (χ1n) is 10.1. The molecule has 2 bridgehead atoms. The molecular weight excluding hydrogens is 334 g/mol. The molecular formula is C23H29N3O. The van der Waals surface area contributed by atoms with E-state index >= 15 is 0 Å². The summed E-state index contributed by atoms with van der Waals surface area (Å²) >= 11 is 0. The van der Waals surface area contributed by atoms with Gasteiger partial charge in [-0.1, -0.05) is 60.7 Å². The summed E-state index contributed by atoms with van der Waals surface area (Å²) in [7, 11) is 0. The fraction of sp³-hybridized carbons (Fsp3) is 0.435. The molecule has 4 rings (SSSR count). The van der Waals surface area contributed by atoms with Gasteiger partial charge in [0.2, 0.25) is 5.91 Å². The molecule has 0 aromatic heterocycles. The third-order valence-corrected chi connectivity index (χ3v) is 5.80. The van der Waals surface area contributed by atoms with Crippen molar-refractivity contribution >= 4 is 5.91 Å². The van der Waals surface area contributed by atoms with Gasteiger partial charge in [-0.2, -0.15) is 0 Å². The highest BCUT2D eigenvalue weighted by Crippen LogP contribution is 2.28. The third kappa shape index (κ3) is 4.57. The van der Waals surface area contributed by atoms with Crippen molar-refractivity contribution < 1.29 is 4.79 Å². The number of benzene rings is 2. The van der Waals surface area contributed by atoms with Crippen LogP contribution in [0.2, 0.25) is 0 Å². The summed E-state index contributed by atoms with van der Waals surface area (Å²) < 4.78 is 0. The zero-order chi connectivity index (χ0) is 18.5. The Morgan fingerprint density at radius 2 is 1.48 bits per heavy atom. The van der Waals surface area contributed by atoms with Crippen LogP contribution < -0.4 is 5.32 Å². The first-order chi connectivity index (χ1) is 13.3. The number of nitrogens with zero attached hydrogens (tertiary/aromatic N) is 2. The number of carbonyl (C=O) groups is 1. The van der Waals surface area contributed by atoms with Crippen LogP contribution in [0.15, 0.2) is 60.7 Å². The van der Waals surface area contributed by atoms with Crippen molar-refractivity contribution in [2.24, 2.45) is 0 Å². The van der Waals surface area contributed by atoms with Gasteiger partial charge in [0, 0.05) is 31.7 Å². The SMILES string of the molecule is O=C(CN(Cc1ccccc1)Cc1ccccc1)N1C2CCNCC1CC2. The lowest BCUT2D eigenvalue weighted by molar-refractivity contribution is -0.135. The van der Waals surface area contributed by atoms with Crippen LogP contribution in [-0.4, -0.2) is 47.4 Å². The van der Waals surface area contributed by atoms with Gasteiger partial charge in [-0.25, -0.2) is 0 Å². The van der Waals surface area contributed by atoms with Gasteiger partial charge in [0.25, 0.3) is 0 Å². The maximum absolute atomic E-state index is 13.3. The Bertz CT molecular complexity index is 678. The largest absolute Gasteiger partial charge is 0.334 e. The minimum Gasteiger partial charge on any atom is -0.334 e. The average molecular weight is 364 g/mol. The number of amides is 1. The average Bonchev–Trinajstić information content (AvgIpc) is 2.96. The first-order valence-corrected chi connectivity index (χ1v) is 10.1. The summed E-state index contributed by atoms with van der Waals surface area (Å²) in [5.74, 6) is 0.290. The van der Waals surface area contributed by atoms with E-state index in [1.807, 2.05) is 12.1 Å². The summed E-state index contributed by atoms with van der Waals surface area (Å²) in [6.45, 7) is 4.05. The number of rotatable bonds is 6. The highest BCUT2D eigenvalue weighted by molar-refractivity contribution is 5.79. The molecule has 2 atom stereocenters. The molecule has 2 aliphatic rings. The Hall–Kier alpha value is -2.17. The minimum absolute atomic E-state index is 0.290. The monoisotopic (exact) mass is 363 g/mol. The van der Waals surface area contributed by atoms with Crippen molar-refractivity contribution in [1.29, 1.82) is 0 Å². The van der Waals surface area contributed by atoms with Crippen molar-refractivity contribution in [3.63, 3.8) is 0 Å². The van der Waals surface area contributed by atoms with E-state index < -0.39 is 0 Å². The van der Waals surface area contributed by atoms with Crippen LogP contribution >= 0.6 is 0 Å². The van der Waals surface area contributed by atoms with Crippen molar-refractivity contribution in [3.8, 4) is 0 Å². The summed E-state index contributed by atoms with van der Waals surface area (Å²) in [5, 5.41) is 3.49. The Morgan fingerprint density at radius 1 is 0.889 bits per heavy atom. The Balaban J connectivity index is 1.48. The van der Waals surface area contributed by atoms with Gasteiger partial charge in [0.1, 0.15) is 0 Å². The maximum Gasteiger partial charge on any atom is 0.237 e. The van der Waals surface area contributed by atoms with Crippen LogP contribution in [0.5, 0.6) is 0 Å². The molecule has 4 nitrogen and oxygen atoms in total. The van der Waals surface area contributed by atoms with Crippen LogP contribution in [0, 0.1) is 0 Å². The number of hydrogen-bond acceptors (Lipinski definition) is 3. The van der Waals surface area contributed by atoms with Gasteiger partial charge in [-0.3, -0.25) is 9.69 Å². The maximum atomic E-state index is 13.3. The van der Waals surface area contributed by atoms with Crippen molar-refractivity contribution in [2.45, 2.75) is 44.4 Å². The second-order valence-corrected chi connectivity index (χ2v) is 7.80. The summed E-state index contributed by atoms with van der Waals surface area (Å²) in [5.41, 5.74) is 2.50. The lowest BCUT2D eigenvalue weighted by Crippen LogP contribution is -2.47. The van der Waals surface area contributed by atoms with E-state index in [4.69, 9.17) is 0 Å². The molecule has 0 aliphatic carbocycles. The summed E-state index contributed by atoms with van der Waals surface area (Å²) in [6.07, 6.45) is 3.38. The molecule has 27 heavy (non-hydrogen) atoms.